The van der Waals surface area contributed by atoms with Crippen molar-refractivity contribution in [2.45, 2.75) is 26.3 Å². The highest BCUT2D eigenvalue weighted by Gasteiger charge is 2.13. The first-order chi connectivity index (χ1) is 8.93. The molecule has 0 heterocycles. The standard InChI is InChI=1S/C15H25N3O/c1-11-6-7-13(14(10-11)16-3)15(19)17-12(2)8-9-18(4)5/h6-7,10,12,16H,8-9H2,1-5H3,(H,17,19). The zero-order valence-corrected chi connectivity index (χ0v) is 12.6. The van der Waals surface area contributed by atoms with E-state index < -0.39 is 0 Å². The number of nitrogens with one attached hydrogen (secondary N) is 2. The molecule has 1 aromatic carbocycles. The third-order valence-corrected chi connectivity index (χ3v) is 3.08. The Morgan fingerprint density at radius 3 is 2.63 bits per heavy atom. The number of anilines is 1. The van der Waals surface area contributed by atoms with Crippen molar-refractivity contribution in [1.82, 2.24) is 10.2 Å². The topological polar surface area (TPSA) is 44.4 Å². The summed E-state index contributed by atoms with van der Waals surface area (Å²) < 4.78 is 0. The van der Waals surface area contributed by atoms with E-state index in [1.54, 1.807) is 0 Å². The summed E-state index contributed by atoms with van der Waals surface area (Å²) in [5.74, 6) is -0.0180. The summed E-state index contributed by atoms with van der Waals surface area (Å²) in [6.07, 6.45) is 0.944. The molecule has 4 nitrogen and oxygen atoms in total. The number of hydrogen-bond donors (Lipinski definition) is 2. The van der Waals surface area contributed by atoms with E-state index >= 15 is 0 Å². The molecule has 1 unspecified atom stereocenters. The molecule has 1 atom stereocenters. The predicted molar refractivity (Wildman–Crippen MR) is 80.8 cm³/mol. The molecule has 0 aromatic heterocycles. The number of carbonyl (C=O) groups is 1. The van der Waals surface area contributed by atoms with Crippen molar-refractivity contribution >= 4 is 11.6 Å². The minimum absolute atomic E-state index is 0.0180. The van der Waals surface area contributed by atoms with Crippen molar-refractivity contribution in [3.8, 4) is 0 Å². The second-order valence-electron chi connectivity index (χ2n) is 5.27. The van der Waals surface area contributed by atoms with E-state index in [1.165, 1.54) is 0 Å². The number of aryl methyl sites for hydroxylation is 1. The van der Waals surface area contributed by atoms with Crippen molar-refractivity contribution < 1.29 is 4.79 Å². The van der Waals surface area contributed by atoms with E-state index in [4.69, 9.17) is 0 Å². The minimum Gasteiger partial charge on any atom is -0.387 e. The largest absolute Gasteiger partial charge is 0.387 e. The van der Waals surface area contributed by atoms with Crippen LogP contribution in [0.3, 0.4) is 0 Å². The number of hydrogen-bond acceptors (Lipinski definition) is 3. The number of carbonyl (C=O) groups excluding carboxylic acids is 1. The number of amides is 1. The van der Waals surface area contributed by atoms with Crippen LogP contribution in [0.1, 0.15) is 29.3 Å². The molecule has 0 aliphatic carbocycles. The van der Waals surface area contributed by atoms with Crippen LogP contribution in [0, 0.1) is 6.92 Å². The fraction of sp³-hybridized carbons (Fsp3) is 0.533. The first-order valence-corrected chi connectivity index (χ1v) is 6.68. The van der Waals surface area contributed by atoms with Gasteiger partial charge in [0.25, 0.3) is 5.91 Å². The smallest absolute Gasteiger partial charge is 0.253 e. The van der Waals surface area contributed by atoms with Gasteiger partial charge in [-0.25, -0.2) is 0 Å². The Hall–Kier alpha value is -1.55. The second-order valence-corrected chi connectivity index (χ2v) is 5.27. The summed E-state index contributed by atoms with van der Waals surface area (Å²) in [6, 6.07) is 5.98. The number of benzene rings is 1. The normalized spacial score (nSPS) is 12.3. The van der Waals surface area contributed by atoms with Gasteiger partial charge in [-0.05, 0) is 58.6 Å². The Balaban J connectivity index is 2.67. The van der Waals surface area contributed by atoms with Crippen molar-refractivity contribution in [2.75, 3.05) is 33.0 Å². The van der Waals surface area contributed by atoms with Gasteiger partial charge in [0, 0.05) is 18.8 Å². The highest BCUT2D eigenvalue weighted by Crippen LogP contribution is 2.17. The lowest BCUT2D eigenvalue weighted by Gasteiger charge is -2.18. The first-order valence-electron chi connectivity index (χ1n) is 6.68. The Bertz CT molecular complexity index is 429. The van der Waals surface area contributed by atoms with Crippen LogP contribution in [0.15, 0.2) is 18.2 Å². The van der Waals surface area contributed by atoms with E-state index in [0.29, 0.717) is 5.56 Å². The molecule has 0 aliphatic heterocycles. The molecule has 0 saturated carbocycles. The molecule has 19 heavy (non-hydrogen) atoms. The molecular formula is C15H25N3O. The molecule has 1 rings (SSSR count). The van der Waals surface area contributed by atoms with Gasteiger partial charge in [-0.2, -0.15) is 0 Å². The summed E-state index contributed by atoms with van der Waals surface area (Å²) in [7, 11) is 5.91. The first kappa shape index (κ1) is 15.5. The lowest BCUT2D eigenvalue weighted by atomic mass is 10.1. The number of nitrogens with zero attached hydrogens (tertiary/aromatic N) is 1. The van der Waals surface area contributed by atoms with Crippen LogP contribution in [-0.2, 0) is 0 Å². The van der Waals surface area contributed by atoms with Gasteiger partial charge in [0.15, 0.2) is 0 Å². The fourth-order valence-corrected chi connectivity index (χ4v) is 1.89. The molecule has 0 saturated heterocycles. The molecule has 1 aromatic rings. The molecule has 106 valence electrons. The Morgan fingerprint density at radius 2 is 2.05 bits per heavy atom. The van der Waals surface area contributed by atoms with Gasteiger partial charge >= 0.3 is 0 Å². The average molecular weight is 263 g/mol. The van der Waals surface area contributed by atoms with E-state index in [0.717, 1.165) is 24.2 Å². The van der Waals surface area contributed by atoms with Gasteiger partial charge < -0.3 is 15.5 Å². The highest BCUT2D eigenvalue weighted by molar-refractivity contribution is 5.99. The van der Waals surface area contributed by atoms with E-state index in [1.807, 2.05) is 53.2 Å². The van der Waals surface area contributed by atoms with Crippen LogP contribution in [0.5, 0.6) is 0 Å². The molecule has 4 heteroatoms. The van der Waals surface area contributed by atoms with E-state index in [2.05, 4.69) is 15.5 Å². The van der Waals surface area contributed by atoms with Crippen molar-refractivity contribution in [2.24, 2.45) is 0 Å². The van der Waals surface area contributed by atoms with Crippen molar-refractivity contribution in [3.05, 3.63) is 29.3 Å². The molecule has 2 N–H and O–H groups in total. The van der Waals surface area contributed by atoms with Crippen LogP contribution in [0.25, 0.3) is 0 Å². The van der Waals surface area contributed by atoms with Gasteiger partial charge in [0.2, 0.25) is 0 Å². The maximum absolute atomic E-state index is 12.2. The summed E-state index contributed by atoms with van der Waals surface area (Å²) >= 11 is 0. The van der Waals surface area contributed by atoms with E-state index in [9.17, 15) is 4.79 Å². The summed E-state index contributed by atoms with van der Waals surface area (Å²) in [4.78, 5) is 14.3. The zero-order valence-electron chi connectivity index (χ0n) is 12.6. The van der Waals surface area contributed by atoms with Gasteiger partial charge in [-0.3, -0.25) is 4.79 Å². The van der Waals surface area contributed by atoms with Crippen LogP contribution in [0.2, 0.25) is 0 Å². The molecule has 0 spiro atoms. The van der Waals surface area contributed by atoms with Crippen molar-refractivity contribution in [3.63, 3.8) is 0 Å². The summed E-state index contributed by atoms with van der Waals surface area (Å²) in [5.41, 5.74) is 2.71. The Labute approximate surface area is 116 Å². The van der Waals surface area contributed by atoms with Gasteiger partial charge in [-0.15, -0.1) is 0 Å². The van der Waals surface area contributed by atoms with Gasteiger partial charge in [0.05, 0.1) is 5.56 Å². The third-order valence-electron chi connectivity index (χ3n) is 3.08. The van der Waals surface area contributed by atoms with Crippen LogP contribution >= 0.6 is 0 Å². The van der Waals surface area contributed by atoms with E-state index in [-0.39, 0.29) is 11.9 Å². The summed E-state index contributed by atoms with van der Waals surface area (Å²) in [5, 5.41) is 6.11. The zero-order chi connectivity index (χ0) is 14.4. The molecule has 0 radical (unpaired) electrons. The van der Waals surface area contributed by atoms with Gasteiger partial charge in [-0.1, -0.05) is 6.07 Å². The number of rotatable bonds is 6. The Kier molecular flexibility index (Phi) is 5.83. The fourth-order valence-electron chi connectivity index (χ4n) is 1.89. The monoisotopic (exact) mass is 263 g/mol. The predicted octanol–water partition coefficient (Wildman–Crippen LogP) is 2.11. The Morgan fingerprint density at radius 1 is 1.37 bits per heavy atom. The third kappa shape index (κ3) is 4.91. The maximum Gasteiger partial charge on any atom is 0.253 e. The van der Waals surface area contributed by atoms with Crippen molar-refractivity contribution in [1.29, 1.82) is 0 Å². The lowest BCUT2D eigenvalue weighted by Crippen LogP contribution is -2.35. The second kappa shape index (κ2) is 7.14. The molecular weight excluding hydrogens is 238 g/mol. The quantitative estimate of drug-likeness (QED) is 0.826. The lowest BCUT2D eigenvalue weighted by molar-refractivity contribution is 0.0937. The minimum atomic E-state index is -0.0180. The SMILES string of the molecule is CNc1cc(C)ccc1C(=O)NC(C)CCN(C)C. The highest BCUT2D eigenvalue weighted by atomic mass is 16.1. The molecule has 0 bridgehead atoms. The van der Waals surface area contributed by atoms with Crippen LogP contribution < -0.4 is 10.6 Å². The van der Waals surface area contributed by atoms with Crippen LogP contribution in [-0.4, -0.2) is 44.5 Å². The average Bonchev–Trinajstić information content (AvgIpc) is 2.35. The molecule has 1 amide bonds. The summed E-state index contributed by atoms with van der Waals surface area (Å²) in [6.45, 7) is 5.02. The van der Waals surface area contributed by atoms with Gasteiger partial charge in [0.1, 0.15) is 0 Å². The maximum atomic E-state index is 12.2. The molecule has 0 aliphatic rings. The van der Waals surface area contributed by atoms with Crippen LogP contribution in [0.4, 0.5) is 5.69 Å². The molecule has 0 fully saturated rings.